The molecule has 1 aromatic heterocycles. The van der Waals surface area contributed by atoms with Crippen LogP contribution in [0.2, 0.25) is 0 Å². The second kappa shape index (κ2) is 13.4. The molecule has 1 aliphatic heterocycles. The molecule has 1 saturated heterocycles. The first-order chi connectivity index (χ1) is 19.6. The Kier molecular flexibility index (Phi) is 9.93. The minimum absolute atomic E-state index is 0.0685. The van der Waals surface area contributed by atoms with Crippen molar-refractivity contribution in [2.45, 2.75) is 76.6 Å². The number of nitrogens with zero attached hydrogens (tertiary/aromatic N) is 1. The zero-order chi connectivity index (χ0) is 29.6. The predicted molar refractivity (Wildman–Crippen MR) is 149 cm³/mol. The Morgan fingerprint density at radius 2 is 1.68 bits per heavy atom. The summed E-state index contributed by atoms with van der Waals surface area (Å²) in [6, 6.07) is 7.92. The summed E-state index contributed by atoms with van der Waals surface area (Å²) < 4.78 is 15.8. The third kappa shape index (κ3) is 8.71. The predicted octanol–water partition coefficient (Wildman–Crippen LogP) is 1.99. The highest BCUT2D eigenvalue weighted by atomic mass is 16.6. The molecule has 11 heteroatoms. The Morgan fingerprint density at radius 3 is 2.29 bits per heavy atom. The van der Waals surface area contributed by atoms with Gasteiger partial charge in [0.05, 0.1) is 19.3 Å². The molecule has 1 aliphatic carbocycles. The minimum atomic E-state index is -1.10. The molecule has 1 aromatic carbocycles. The van der Waals surface area contributed by atoms with E-state index >= 15 is 0 Å². The maximum Gasteiger partial charge on any atom is 0.274 e. The van der Waals surface area contributed by atoms with Gasteiger partial charge in [-0.15, -0.1) is 0 Å². The molecule has 0 spiro atoms. The number of methoxy groups -OCH3 is 1. The van der Waals surface area contributed by atoms with Crippen molar-refractivity contribution < 1.29 is 33.2 Å². The third-order valence-electron chi connectivity index (χ3n) is 7.29. The lowest BCUT2D eigenvalue weighted by Crippen LogP contribution is -2.58. The van der Waals surface area contributed by atoms with E-state index in [2.05, 4.69) is 21.1 Å². The molecule has 2 aliphatic rings. The molecule has 222 valence electrons. The fourth-order valence-electron chi connectivity index (χ4n) is 4.63. The zero-order valence-corrected chi connectivity index (χ0v) is 24.1. The molecular weight excluding hydrogens is 528 g/mol. The van der Waals surface area contributed by atoms with Crippen LogP contribution in [0.15, 0.2) is 40.9 Å². The Balaban J connectivity index is 1.46. The second-order valence-corrected chi connectivity index (χ2v) is 11.6. The van der Waals surface area contributed by atoms with E-state index in [4.69, 9.17) is 14.0 Å². The molecule has 2 fully saturated rings. The number of hydrogen-bond donors (Lipinski definition) is 3. The first-order valence-corrected chi connectivity index (χ1v) is 14.2. The molecule has 2 aromatic rings. The Morgan fingerprint density at radius 1 is 1.02 bits per heavy atom. The van der Waals surface area contributed by atoms with E-state index in [1.807, 2.05) is 44.2 Å². The number of Topliss-reactive ketones (excluding diaryl/α,β-unsaturated/α-hetero) is 1. The number of ether oxygens (including phenoxy) is 2. The van der Waals surface area contributed by atoms with Crippen LogP contribution in [0.1, 0.15) is 61.8 Å². The monoisotopic (exact) mass is 568 g/mol. The van der Waals surface area contributed by atoms with Crippen molar-refractivity contribution in [3.8, 4) is 0 Å². The quantitative estimate of drug-likeness (QED) is 0.260. The van der Waals surface area contributed by atoms with Crippen molar-refractivity contribution in [2.24, 2.45) is 11.8 Å². The van der Waals surface area contributed by atoms with Crippen LogP contribution in [0.5, 0.6) is 0 Å². The van der Waals surface area contributed by atoms with Crippen LogP contribution in [0.3, 0.4) is 0 Å². The van der Waals surface area contributed by atoms with E-state index in [1.165, 1.54) is 7.11 Å². The van der Waals surface area contributed by atoms with Crippen LogP contribution in [0, 0.1) is 11.8 Å². The van der Waals surface area contributed by atoms with Crippen LogP contribution in [-0.4, -0.2) is 72.7 Å². The number of benzene rings is 1. The summed E-state index contributed by atoms with van der Waals surface area (Å²) in [5.74, 6) is -0.567. The molecule has 0 bridgehead atoms. The molecule has 4 atom stereocenters. The summed E-state index contributed by atoms with van der Waals surface area (Å²) in [5, 5.41) is 12.1. The number of carbonyl (C=O) groups excluding carboxylic acids is 4. The summed E-state index contributed by atoms with van der Waals surface area (Å²) in [6.45, 7) is 5.82. The summed E-state index contributed by atoms with van der Waals surface area (Å²) in [4.78, 5) is 53.0. The summed E-state index contributed by atoms with van der Waals surface area (Å²) >= 11 is 0. The molecule has 2 heterocycles. The second-order valence-electron chi connectivity index (χ2n) is 11.6. The van der Waals surface area contributed by atoms with Crippen molar-refractivity contribution in [1.29, 1.82) is 0 Å². The zero-order valence-electron chi connectivity index (χ0n) is 24.1. The maximum absolute atomic E-state index is 13.6. The molecule has 41 heavy (non-hydrogen) atoms. The number of hydrogen-bond acceptors (Lipinski definition) is 8. The number of epoxide rings is 1. The summed E-state index contributed by atoms with van der Waals surface area (Å²) in [7, 11) is 1.41. The smallest absolute Gasteiger partial charge is 0.274 e. The highest BCUT2D eigenvalue weighted by molar-refractivity contribution is 5.99. The molecule has 3 N–H and O–H groups in total. The fraction of sp³-hybridized carbons (Fsp3) is 0.567. The van der Waals surface area contributed by atoms with E-state index in [9.17, 15) is 19.2 Å². The van der Waals surface area contributed by atoms with E-state index in [-0.39, 0.29) is 30.4 Å². The molecule has 11 nitrogen and oxygen atoms in total. The van der Waals surface area contributed by atoms with Gasteiger partial charge < -0.3 is 29.9 Å². The highest BCUT2D eigenvalue weighted by Crippen LogP contribution is 2.32. The Bertz CT molecular complexity index is 1220. The summed E-state index contributed by atoms with van der Waals surface area (Å²) in [5.41, 5.74) is -0.0207. The molecule has 1 saturated carbocycles. The van der Waals surface area contributed by atoms with Crippen molar-refractivity contribution >= 4 is 23.5 Å². The molecule has 3 unspecified atom stereocenters. The first kappa shape index (κ1) is 30.4. The van der Waals surface area contributed by atoms with Crippen molar-refractivity contribution in [3.63, 3.8) is 0 Å². The number of ketones is 1. The average molecular weight is 569 g/mol. The van der Waals surface area contributed by atoms with Gasteiger partial charge in [-0.3, -0.25) is 19.2 Å². The van der Waals surface area contributed by atoms with Gasteiger partial charge in [-0.25, -0.2) is 0 Å². The number of nitrogens with one attached hydrogen (secondary N) is 3. The molecular formula is C30H40N4O7. The van der Waals surface area contributed by atoms with Crippen LogP contribution in [0.4, 0.5) is 0 Å². The van der Waals surface area contributed by atoms with Gasteiger partial charge in [-0.1, -0.05) is 49.3 Å². The van der Waals surface area contributed by atoms with E-state index in [0.717, 1.165) is 24.8 Å². The van der Waals surface area contributed by atoms with Gasteiger partial charge in [0, 0.05) is 26.0 Å². The Labute approximate surface area is 240 Å². The summed E-state index contributed by atoms with van der Waals surface area (Å²) in [6.07, 6.45) is 3.60. The van der Waals surface area contributed by atoms with E-state index in [1.54, 1.807) is 13.0 Å². The van der Waals surface area contributed by atoms with Crippen molar-refractivity contribution in [1.82, 2.24) is 21.1 Å². The number of rotatable bonds is 16. The third-order valence-corrected chi connectivity index (χ3v) is 7.29. The molecule has 4 rings (SSSR count). The molecule has 0 radical (unpaired) electrons. The fourth-order valence-corrected chi connectivity index (χ4v) is 4.63. The van der Waals surface area contributed by atoms with Gasteiger partial charge in [0.1, 0.15) is 23.4 Å². The van der Waals surface area contributed by atoms with Crippen molar-refractivity contribution in [2.75, 3.05) is 20.3 Å². The first-order valence-electron chi connectivity index (χ1n) is 14.2. The Hall–Kier alpha value is -3.57. The topological polar surface area (TPSA) is 152 Å². The van der Waals surface area contributed by atoms with Gasteiger partial charge >= 0.3 is 0 Å². The minimum Gasteiger partial charge on any atom is -0.382 e. The van der Waals surface area contributed by atoms with Crippen LogP contribution >= 0.6 is 0 Å². The lowest BCUT2D eigenvalue weighted by atomic mass is 9.93. The highest BCUT2D eigenvalue weighted by Gasteiger charge is 2.50. The van der Waals surface area contributed by atoms with Crippen LogP contribution in [0.25, 0.3) is 0 Å². The van der Waals surface area contributed by atoms with Gasteiger partial charge in [-0.05, 0) is 43.6 Å². The van der Waals surface area contributed by atoms with E-state index in [0.29, 0.717) is 24.7 Å². The average Bonchev–Trinajstić information content (AvgIpc) is 3.85. The lowest BCUT2D eigenvalue weighted by Gasteiger charge is -2.26. The standard InChI is InChI=1S/C30H40N4O7/c1-18(2)12-22(26(35)30(3)17-40-30)31-27(36)23(14-19-8-6-5-7-9-19)32-29(38)25(16-39-4)33-28(37)24-15-21(41-34-24)13-20-10-11-20/h5-9,15,18,20,22-23,25H,10-14,16-17H2,1-4H3,(H,31,36)(H,32,38)(H,33,37)/t22?,23-,25?,30?/m0/s1. The van der Waals surface area contributed by atoms with Crippen LogP contribution < -0.4 is 16.0 Å². The number of amides is 3. The van der Waals surface area contributed by atoms with Gasteiger partial charge in [-0.2, -0.15) is 0 Å². The normalized spacial score (nSPS) is 20.1. The maximum atomic E-state index is 13.6. The SMILES string of the molecule is COCC(NC(=O)c1cc(CC2CC2)on1)C(=O)N[C@@H](Cc1ccccc1)C(=O)NC(CC(C)C)C(=O)C1(C)CO1. The molecule has 3 amide bonds. The van der Waals surface area contributed by atoms with Gasteiger partial charge in [0.25, 0.3) is 5.91 Å². The lowest BCUT2D eigenvalue weighted by molar-refractivity contribution is -0.133. The van der Waals surface area contributed by atoms with Crippen LogP contribution in [-0.2, 0) is 36.7 Å². The number of aromatic nitrogens is 1. The number of carbonyl (C=O) groups is 4. The largest absolute Gasteiger partial charge is 0.382 e. The van der Waals surface area contributed by atoms with E-state index < -0.39 is 41.4 Å². The van der Waals surface area contributed by atoms with Crippen molar-refractivity contribution in [3.05, 3.63) is 53.4 Å². The van der Waals surface area contributed by atoms with Gasteiger partial charge in [0.15, 0.2) is 11.5 Å². The van der Waals surface area contributed by atoms with Gasteiger partial charge in [0.2, 0.25) is 11.8 Å².